The summed E-state index contributed by atoms with van der Waals surface area (Å²) in [6.07, 6.45) is 0.879. The van der Waals surface area contributed by atoms with Crippen LogP contribution in [-0.4, -0.2) is 31.1 Å². The first-order valence-electron chi connectivity index (χ1n) is 7.99. The highest BCUT2D eigenvalue weighted by molar-refractivity contribution is 7.99. The molecule has 134 valence electrons. The molecule has 1 amide bonds. The Kier molecular flexibility index (Phi) is 7.95. The lowest BCUT2D eigenvalue weighted by molar-refractivity contribution is -0.113. The molecule has 0 saturated heterocycles. The number of nitrogens with one attached hydrogen (secondary N) is 1. The molecule has 0 fully saturated rings. The maximum atomic E-state index is 12.0. The maximum absolute atomic E-state index is 12.0. The van der Waals surface area contributed by atoms with Crippen molar-refractivity contribution in [2.45, 2.75) is 13.3 Å². The second-order valence-corrected chi connectivity index (χ2v) is 6.98. The van der Waals surface area contributed by atoms with Crippen molar-refractivity contribution in [2.75, 3.05) is 30.5 Å². The number of carbonyl (C=O) groups is 1. The zero-order valence-electron chi connectivity index (χ0n) is 14.4. The molecule has 4 nitrogen and oxygen atoms in total. The minimum absolute atomic E-state index is 0.00787. The van der Waals surface area contributed by atoms with Crippen LogP contribution in [0.25, 0.3) is 0 Å². The first-order chi connectivity index (χ1) is 12.1. The van der Waals surface area contributed by atoms with Gasteiger partial charge >= 0.3 is 0 Å². The normalized spacial score (nSPS) is 10.4. The Bertz CT molecular complexity index is 692. The molecule has 1 N–H and O–H groups in total. The Morgan fingerprint density at radius 2 is 1.88 bits per heavy atom. The lowest BCUT2D eigenvalue weighted by atomic mass is 10.2. The van der Waals surface area contributed by atoms with Crippen LogP contribution in [0.3, 0.4) is 0 Å². The highest BCUT2D eigenvalue weighted by Gasteiger charge is 2.05. The van der Waals surface area contributed by atoms with Crippen molar-refractivity contribution < 1.29 is 14.3 Å². The molecule has 0 atom stereocenters. The smallest absolute Gasteiger partial charge is 0.234 e. The van der Waals surface area contributed by atoms with Gasteiger partial charge in [0.05, 0.1) is 19.5 Å². The van der Waals surface area contributed by atoms with E-state index in [0.29, 0.717) is 17.4 Å². The fourth-order valence-corrected chi connectivity index (χ4v) is 3.09. The fraction of sp³-hybridized carbons (Fsp3) is 0.316. The molecule has 0 aliphatic carbocycles. The molecule has 0 spiro atoms. The third-order valence-electron chi connectivity index (χ3n) is 3.46. The summed E-state index contributed by atoms with van der Waals surface area (Å²) in [5.41, 5.74) is 1.76. The molecule has 2 rings (SSSR count). The zero-order chi connectivity index (χ0) is 18.1. The third kappa shape index (κ3) is 6.88. The van der Waals surface area contributed by atoms with E-state index in [0.717, 1.165) is 34.9 Å². The summed E-state index contributed by atoms with van der Waals surface area (Å²) in [5, 5.41) is 3.57. The van der Waals surface area contributed by atoms with Gasteiger partial charge in [-0.3, -0.25) is 4.79 Å². The number of hydrogen-bond acceptors (Lipinski definition) is 4. The standard InChI is InChI=1S/C19H22ClNO3S/c1-14-12-15(20)4-9-18(14)21-19(22)13-25-11-3-10-24-17-7-5-16(23-2)6-8-17/h4-9,12H,3,10-11,13H2,1-2H3,(H,21,22). The highest BCUT2D eigenvalue weighted by atomic mass is 35.5. The summed E-state index contributed by atoms with van der Waals surface area (Å²) >= 11 is 7.50. The second-order valence-electron chi connectivity index (χ2n) is 5.44. The molecular formula is C19H22ClNO3S. The Hall–Kier alpha value is -1.85. The molecule has 0 radical (unpaired) electrons. The number of benzene rings is 2. The van der Waals surface area contributed by atoms with Crippen molar-refractivity contribution in [3.8, 4) is 11.5 Å². The number of halogens is 1. The Balaban J connectivity index is 1.59. The van der Waals surface area contributed by atoms with Gasteiger partial charge in [-0.1, -0.05) is 11.6 Å². The van der Waals surface area contributed by atoms with Crippen LogP contribution in [-0.2, 0) is 4.79 Å². The summed E-state index contributed by atoms with van der Waals surface area (Å²) in [5.74, 6) is 2.91. The van der Waals surface area contributed by atoms with Gasteiger partial charge in [-0.2, -0.15) is 11.8 Å². The summed E-state index contributed by atoms with van der Waals surface area (Å²) in [6, 6.07) is 12.9. The quantitative estimate of drug-likeness (QED) is 0.636. The summed E-state index contributed by atoms with van der Waals surface area (Å²) in [7, 11) is 1.64. The molecule has 2 aromatic carbocycles. The zero-order valence-corrected chi connectivity index (χ0v) is 16.0. The number of thioether (sulfide) groups is 1. The van der Waals surface area contributed by atoms with E-state index >= 15 is 0 Å². The lowest BCUT2D eigenvalue weighted by Crippen LogP contribution is -2.15. The number of methoxy groups -OCH3 is 1. The third-order valence-corrected chi connectivity index (χ3v) is 4.74. The molecule has 0 unspecified atom stereocenters. The highest BCUT2D eigenvalue weighted by Crippen LogP contribution is 2.20. The van der Waals surface area contributed by atoms with Crippen LogP contribution in [0.15, 0.2) is 42.5 Å². The van der Waals surface area contributed by atoms with E-state index in [4.69, 9.17) is 21.1 Å². The van der Waals surface area contributed by atoms with Crippen LogP contribution in [0.5, 0.6) is 11.5 Å². The molecule has 0 saturated carbocycles. The van der Waals surface area contributed by atoms with Crippen LogP contribution < -0.4 is 14.8 Å². The largest absolute Gasteiger partial charge is 0.497 e. The van der Waals surface area contributed by atoms with Gasteiger partial charge in [0.25, 0.3) is 0 Å². The van der Waals surface area contributed by atoms with E-state index in [1.807, 2.05) is 43.3 Å². The van der Waals surface area contributed by atoms with Crippen molar-refractivity contribution in [1.29, 1.82) is 0 Å². The summed E-state index contributed by atoms with van der Waals surface area (Å²) < 4.78 is 10.8. The summed E-state index contributed by atoms with van der Waals surface area (Å²) in [6.45, 7) is 2.54. The molecule has 2 aromatic rings. The van der Waals surface area contributed by atoms with Crippen molar-refractivity contribution in [3.63, 3.8) is 0 Å². The van der Waals surface area contributed by atoms with Crippen LogP contribution in [0.1, 0.15) is 12.0 Å². The number of rotatable bonds is 9. The molecular weight excluding hydrogens is 358 g/mol. The average molecular weight is 380 g/mol. The monoisotopic (exact) mass is 379 g/mol. The lowest BCUT2D eigenvalue weighted by Gasteiger charge is -2.09. The fourth-order valence-electron chi connectivity index (χ4n) is 2.14. The van der Waals surface area contributed by atoms with E-state index < -0.39 is 0 Å². The molecule has 0 bridgehead atoms. The van der Waals surface area contributed by atoms with Gasteiger partial charge in [-0.25, -0.2) is 0 Å². The Morgan fingerprint density at radius 1 is 1.16 bits per heavy atom. The van der Waals surface area contributed by atoms with E-state index in [1.54, 1.807) is 24.9 Å². The Morgan fingerprint density at radius 3 is 2.56 bits per heavy atom. The molecule has 0 aliphatic heterocycles. The predicted octanol–water partition coefficient (Wildman–Crippen LogP) is 4.80. The number of anilines is 1. The van der Waals surface area contributed by atoms with Crippen molar-refractivity contribution in [1.82, 2.24) is 0 Å². The van der Waals surface area contributed by atoms with Crippen LogP contribution >= 0.6 is 23.4 Å². The van der Waals surface area contributed by atoms with E-state index in [2.05, 4.69) is 5.32 Å². The van der Waals surface area contributed by atoms with Crippen molar-refractivity contribution in [3.05, 3.63) is 53.1 Å². The molecule has 0 heterocycles. The topological polar surface area (TPSA) is 47.6 Å². The van der Waals surface area contributed by atoms with Gasteiger partial charge < -0.3 is 14.8 Å². The number of aryl methyl sites for hydroxylation is 1. The predicted molar refractivity (Wildman–Crippen MR) is 105 cm³/mol. The van der Waals surface area contributed by atoms with Crippen LogP contribution in [0, 0.1) is 6.92 Å². The minimum Gasteiger partial charge on any atom is -0.497 e. The van der Waals surface area contributed by atoms with Gasteiger partial charge in [0.1, 0.15) is 11.5 Å². The molecule has 0 aromatic heterocycles. The molecule has 25 heavy (non-hydrogen) atoms. The van der Waals surface area contributed by atoms with Gasteiger partial charge in [0.2, 0.25) is 5.91 Å². The number of carbonyl (C=O) groups excluding carboxylic acids is 1. The first kappa shape index (κ1) is 19.5. The van der Waals surface area contributed by atoms with Crippen molar-refractivity contribution >= 4 is 35.0 Å². The molecule has 0 aliphatic rings. The summed E-state index contributed by atoms with van der Waals surface area (Å²) in [4.78, 5) is 12.0. The minimum atomic E-state index is -0.00787. The second kappa shape index (κ2) is 10.2. The van der Waals surface area contributed by atoms with Crippen LogP contribution in [0.4, 0.5) is 5.69 Å². The van der Waals surface area contributed by atoms with Crippen molar-refractivity contribution in [2.24, 2.45) is 0 Å². The van der Waals surface area contributed by atoms with Gasteiger partial charge in [0.15, 0.2) is 0 Å². The van der Waals surface area contributed by atoms with Gasteiger partial charge in [-0.15, -0.1) is 0 Å². The van der Waals surface area contributed by atoms with E-state index in [-0.39, 0.29) is 5.91 Å². The van der Waals surface area contributed by atoms with E-state index in [1.165, 1.54) is 0 Å². The average Bonchev–Trinajstić information content (AvgIpc) is 2.61. The molecule has 6 heteroatoms. The Labute approximate surface area is 157 Å². The SMILES string of the molecule is COc1ccc(OCCCSCC(=O)Nc2ccc(Cl)cc2C)cc1. The number of ether oxygens (including phenoxy) is 2. The number of amides is 1. The maximum Gasteiger partial charge on any atom is 0.234 e. The number of hydrogen-bond donors (Lipinski definition) is 1. The van der Waals surface area contributed by atoms with Crippen LogP contribution in [0.2, 0.25) is 5.02 Å². The first-order valence-corrected chi connectivity index (χ1v) is 9.52. The van der Waals surface area contributed by atoms with E-state index in [9.17, 15) is 4.79 Å². The van der Waals surface area contributed by atoms with Gasteiger partial charge in [-0.05, 0) is 67.1 Å². The van der Waals surface area contributed by atoms with Gasteiger partial charge in [0, 0.05) is 10.7 Å².